The van der Waals surface area contributed by atoms with Gasteiger partial charge in [-0.15, -0.1) is 0 Å². The van der Waals surface area contributed by atoms with Crippen LogP contribution in [0, 0.1) is 0 Å². The molecule has 0 saturated carbocycles. The van der Waals surface area contributed by atoms with Crippen molar-refractivity contribution in [3.63, 3.8) is 0 Å². The average molecular weight is 169 g/mol. The number of nitrogens with one attached hydrogen (secondary N) is 1. The summed E-state index contributed by atoms with van der Waals surface area (Å²) in [6, 6.07) is 0. The van der Waals surface area contributed by atoms with Crippen LogP contribution in [0.1, 0.15) is 6.92 Å². The topological polar surface area (TPSA) is 55.4 Å². The molecule has 0 atom stereocenters. The lowest BCUT2D eigenvalue weighted by molar-refractivity contribution is -0.139. The van der Waals surface area contributed by atoms with Crippen LogP contribution in [0.2, 0.25) is 0 Å². The van der Waals surface area contributed by atoms with E-state index in [1.165, 1.54) is 13.0 Å². The lowest BCUT2D eigenvalue weighted by Crippen LogP contribution is -2.25. The monoisotopic (exact) mass is 169 g/mol. The summed E-state index contributed by atoms with van der Waals surface area (Å²) < 4.78 is 4.58. The van der Waals surface area contributed by atoms with Crippen molar-refractivity contribution in [1.82, 2.24) is 5.32 Å². The van der Waals surface area contributed by atoms with Crippen LogP contribution in [0.4, 0.5) is 0 Å². The van der Waals surface area contributed by atoms with Crippen LogP contribution in [0.15, 0.2) is 24.9 Å². The van der Waals surface area contributed by atoms with Crippen LogP contribution in [-0.2, 0) is 14.3 Å². The Morgan fingerprint density at radius 1 is 1.58 bits per heavy atom. The van der Waals surface area contributed by atoms with Gasteiger partial charge >= 0.3 is 5.97 Å². The molecule has 0 radical (unpaired) electrons. The molecule has 4 heteroatoms. The first kappa shape index (κ1) is 10.4. The zero-order chi connectivity index (χ0) is 9.56. The highest BCUT2D eigenvalue weighted by molar-refractivity contribution is 5.92. The van der Waals surface area contributed by atoms with Crippen molar-refractivity contribution in [2.45, 2.75) is 6.92 Å². The highest BCUT2D eigenvalue weighted by atomic mass is 16.5. The van der Waals surface area contributed by atoms with Gasteiger partial charge in [0.25, 0.3) is 0 Å². The van der Waals surface area contributed by atoms with Crippen molar-refractivity contribution in [2.24, 2.45) is 0 Å². The zero-order valence-corrected chi connectivity index (χ0v) is 6.92. The molecule has 66 valence electrons. The Morgan fingerprint density at radius 3 is 2.58 bits per heavy atom. The zero-order valence-electron chi connectivity index (χ0n) is 6.92. The number of carbonyl (C=O) groups is 2. The van der Waals surface area contributed by atoms with Crippen molar-refractivity contribution in [3.05, 3.63) is 24.9 Å². The van der Waals surface area contributed by atoms with Gasteiger partial charge < -0.3 is 10.1 Å². The fourth-order valence-corrected chi connectivity index (χ4v) is 0.485. The van der Waals surface area contributed by atoms with Gasteiger partial charge in [0.05, 0.1) is 0 Å². The summed E-state index contributed by atoms with van der Waals surface area (Å²) in [6.07, 6.45) is 1.43. The molecular formula is C8H11NO3. The number of ether oxygens (including phenoxy) is 1. The molecular weight excluding hydrogens is 158 g/mol. The van der Waals surface area contributed by atoms with E-state index in [1.807, 2.05) is 0 Å². The molecule has 0 aromatic carbocycles. The second-order valence-corrected chi connectivity index (χ2v) is 2.05. The quantitative estimate of drug-likeness (QED) is 0.375. The maximum Gasteiger partial charge on any atom is 0.354 e. The summed E-state index contributed by atoms with van der Waals surface area (Å²) in [4.78, 5) is 21.3. The molecule has 0 rings (SSSR count). The summed E-state index contributed by atoms with van der Waals surface area (Å²) in [7, 11) is 0. The van der Waals surface area contributed by atoms with Crippen molar-refractivity contribution in [2.75, 3.05) is 6.61 Å². The summed E-state index contributed by atoms with van der Waals surface area (Å²) in [5.74, 6) is -0.999. The fraction of sp³-hybridized carbons (Fsp3) is 0.250. The van der Waals surface area contributed by atoms with Crippen LogP contribution >= 0.6 is 0 Å². The SMILES string of the molecule is C=CCOC(=O)C(=C)NC(C)=O. The summed E-state index contributed by atoms with van der Waals surface area (Å²) >= 11 is 0. The minimum atomic E-state index is -0.648. The molecule has 0 fully saturated rings. The lowest BCUT2D eigenvalue weighted by atomic mass is 10.5. The van der Waals surface area contributed by atoms with Crippen LogP contribution in [0.5, 0.6) is 0 Å². The van der Waals surface area contributed by atoms with E-state index in [1.54, 1.807) is 0 Å². The molecule has 1 amide bonds. The van der Waals surface area contributed by atoms with Crippen LogP contribution < -0.4 is 5.32 Å². The van der Waals surface area contributed by atoms with Crippen LogP contribution in [0.3, 0.4) is 0 Å². The fourth-order valence-electron chi connectivity index (χ4n) is 0.485. The Hall–Kier alpha value is -1.58. The molecule has 0 aliphatic heterocycles. The molecule has 0 heterocycles. The Kier molecular flexibility index (Phi) is 4.45. The second-order valence-electron chi connectivity index (χ2n) is 2.05. The lowest BCUT2D eigenvalue weighted by Gasteiger charge is -2.04. The predicted octanol–water partition coefficient (Wildman–Crippen LogP) is 0.365. The van der Waals surface area contributed by atoms with Crippen molar-refractivity contribution < 1.29 is 14.3 Å². The van der Waals surface area contributed by atoms with E-state index in [4.69, 9.17) is 0 Å². The maximum atomic E-state index is 10.9. The molecule has 0 aliphatic rings. The van der Waals surface area contributed by atoms with E-state index in [0.29, 0.717) is 0 Å². The van der Waals surface area contributed by atoms with E-state index >= 15 is 0 Å². The number of esters is 1. The van der Waals surface area contributed by atoms with Gasteiger partial charge in [0.2, 0.25) is 5.91 Å². The third-order valence-corrected chi connectivity index (χ3v) is 0.906. The number of rotatable bonds is 4. The van der Waals surface area contributed by atoms with Gasteiger partial charge in [-0.1, -0.05) is 19.2 Å². The van der Waals surface area contributed by atoms with Crippen LogP contribution in [-0.4, -0.2) is 18.5 Å². The van der Waals surface area contributed by atoms with Crippen molar-refractivity contribution in [1.29, 1.82) is 0 Å². The molecule has 0 unspecified atom stereocenters. The Bertz CT molecular complexity index is 220. The van der Waals surface area contributed by atoms with E-state index in [-0.39, 0.29) is 18.2 Å². The molecule has 1 N–H and O–H groups in total. The third-order valence-electron chi connectivity index (χ3n) is 0.906. The van der Waals surface area contributed by atoms with Crippen molar-refractivity contribution in [3.8, 4) is 0 Å². The van der Waals surface area contributed by atoms with Crippen molar-refractivity contribution >= 4 is 11.9 Å². The van der Waals surface area contributed by atoms with E-state index in [9.17, 15) is 9.59 Å². The summed E-state index contributed by atoms with van der Waals surface area (Å²) in [5, 5.41) is 2.21. The molecule has 0 aliphatic carbocycles. The summed E-state index contributed by atoms with van der Waals surface area (Å²) in [6.45, 7) is 8.06. The molecule has 4 nitrogen and oxygen atoms in total. The standard InChI is InChI=1S/C8H11NO3/c1-4-5-12-8(11)6(2)9-7(3)10/h4H,1-2,5H2,3H3,(H,9,10). The van der Waals surface area contributed by atoms with Gasteiger partial charge in [0.1, 0.15) is 12.3 Å². The second kappa shape index (κ2) is 5.12. The minimum Gasteiger partial charge on any atom is -0.457 e. The Morgan fingerprint density at radius 2 is 2.17 bits per heavy atom. The number of hydrogen-bond donors (Lipinski definition) is 1. The summed E-state index contributed by atoms with van der Waals surface area (Å²) in [5.41, 5.74) is -0.0654. The molecule has 0 aromatic rings. The predicted molar refractivity (Wildman–Crippen MR) is 44.1 cm³/mol. The first-order valence-electron chi connectivity index (χ1n) is 3.32. The van der Waals surface area contributed by atoms with Crippen LogP contribution in [0.25, 0.3) is 0 Å². The van der Waals surface area contributed by atoms with E-state index in [2.05, 4.69) is 23.2 Å². The molecule has 0 saturated heterocycles. The van der Waals surface area contributed by atoms with E-state index in [0.717, 1.165) is 0 Å². The molecule has 0 spiro atoms. The number of hydrogen-bond acceptors (Lipinski definition) is 3. The minimum absolute atomic E-state index is 0.0654. The largest absolute Gasteiger partial charge is 0.457 e. The normalized spacial score (nSPS) is 8.42. The van der Waals surface area contributed by atoms with Gasteiger partial charge in [-0.05, 0) is 0 Å². The third kappa shape index (κ3) is 4.27. The molecule has 0 bridgehead atoms. The molecule has 0 aromatic heterocycles. The first-order chi connectivity index (χ1) is 5.57. The van der Waals surface area contributed by atoms with Gasteiger partial charge in [-0.2, -0.15) is 0 Å². The highest BCUT2D eigenvalue weighted by Gasteiger charge is 2.07. The first-order valence-corrected chi connectivity index (χ1v) is 3.32. The van der Waals surface area contributed by atoms with Gasteiger partial charge in [0, 0.05) is 6.92 Å². The highest BCUT2D eigenvalue weighted by Crippen LogP contribution is 1.89. The number of carbonyl (C=O) groups excluding carboxylic acids is 2. The van der Waals surface area contributed by atoms with Gasteiger partial charge in [0.15, 0.2) is 0 Å². The van der Waals surface area contributed by atoms with Gasteiger partial charge in [-0.3, -0.25) is 4.79 Å². The smallest absolute Gasteiger partial charge is 0.354 e. The number of amides is 1. The van der Waals surface area contributed by atoms with E-state index < -0.39 is 5.97 Å². The van der Waals surface area contributed by atoms with Gasteiger partial charge in [-0.25, -0.2) is 4.79 Å². The maximum absolute atomic E-state index is 10.9. The Labute approximate surface area is 70.9 Å². The molecule has 12 heavy (non-hydrogen) atoms. The average Bonchev–Trinajstić information content (AvgIpc) is 1.98. The Balaban J connectivity index is 3.85.